The topological polar surface area (TPSA) is 38.1 Å². The van der Waals surface area contributed by atoms with Gasteiger partial charge in [0.25, 0.3) is 0 Å². The van der Waals surface area contributed by atoms with Gasteiger partial charge < -0.3 is 9.47 Å². The molecular formula is C26H29ClFN3O. The number of nitrogens with zero attached hydrogens (tertiary/aromatic N) is 3. The minimum Gasteiger partial charge on any atom is -0.337 e. The predicted octanol–water partition coefficient (Wildman–Crippen LogP) is 5.69. The van der Waals surface area contributed by atoms with Gasteiger partial charge in [0, 0.05) is 31.0 Å². The lowest BCUT2D eigenvalue weighted by molar-refractivity contribution is -0.139. The first kappa shape index (κ1) is 22.5. The minimum atomic E-state index is -0.614. The summed E-state index contributed by atoms with van der Waals surface area (Å²) in [7, 11) is 1.94. The van der Waals surface area contributed by atoms with Crippen LogP contribution in [-0.2, 0) is 30.2 Å². The molecule has 1 aliphatic rings. The predicted molar refractivity (Wildman–Crippen MR) is 125 cm³/mol. The molecule has 0 radical (unpaired) electrons. The van der Waals surface area contributed by atoms with Crippen molar-refractivity contribution >= 4 is 17.5 Å². The van der Waals surface area contributed by atoms with Gasteiger partial charge in [-0.3, -0.25) is 4.79 Å². The smallest absolute Gasteiger partial charge is 0.233 e. The molecule has 4 nitrogen and oxygen atoms in total. The van der Waals surface area contributed by atoms with Crippen molar-refractivity contribution in [1.29, 1.82) is 0 Å². The SMILES string of the molecule is Cn1ccnc1CN(CCc1ccc(Cl)cc1)C(=O)C1(c2ccc(F)cc2)CCCCC1. The third kappa shape index (κ3) is 4.88. The summed E-state index contributed by atoms with van der Waals surface area (Å²) < 4.78 is 15.6. The van der Waals surface area contributed by atoms with E-state index in [-0.39, 0.29) is 11.7 Å². The zero-order valence-corrected chi connectivity index (χ0v) is 19.2. The molecule has 1 amide bonds. The molecule has 0 N–H and O–H groups in total. The Balaban J connectivity index is 1.65. The van der Waals surface area contributed by atoms with E-state index >= 15 is 0 Å². The van der Waals surface area contributed by atoms with Crippen LogP contribution in [0.2, 0.25) is 5.02 Å². The van der Waals surface area contributed by atoms with Gasteiger partial charge in [-0.2, -0.15) is 0 Å². The van der Waals surface area contributed by atoms with Crippen molar-refractivity contribution in [1.82, 2.24) is 14.5 Å². The average molecular weight is 454 g/mol. The Morgan fingerprint density at radius 1 is 1.09 bits per heavy atom. The number of carbonyl (C=O) groups excluding carboxylic acids is 1. The van der Waals surface area contributed by atoms with Gasteiger partial charge in [0.1, 0.15) is 11.6 Å². The number of carbonyl (C=O) groups is 1. The standard InChI is InChI=1S/C26H29ClFN3O/c1-30-18-16-29-24(30)19-31(17-13-20-5-9-22(27)10-6-20)25(32)26(14-3-2-4-15-26)21-7-11-23(28)12-8-21/h5-12,16,18H,2-4,13-15,17,19H2,1H3. The summed E-state index contributed by atoms with van der Waals surface area (Å²) in [6.07, 6.45) is 9.08. The molecule has 0 atom stereocenters. The Hall–Kier alpha value is -2.66. The number of rotatable bonds is 7. The first-order valence-corrected chi connectivity index (χ1v) is 11.6. The van der Waals surface area contributed by atoms with Crippen LogP contribution in [0.25, 0.3) is 0 Å². The molecule has 4 rings (SSSR count). The summed E-state index contributed by atoms with van der Waals surface area (Å²) >= 11 is 6.03. The van der Waals surface area contributed by atoms with E-state index in [9.17, 15) is 9.18 Å². The summed E-state index contributed by atoms with van der Waals surface area (Å²) in [5, 5.41) is 0.701. The molecule has 1 heterocycles. The highest BCUT2D eigenvalue weighted by atomic mass is 35.5. The molecule has 32 heavy (non-hydrogen) atoms. The number of imidazole rings is 1. The number of hydrogen-bond acceptors (Lipinski definition) is 2. The van der Waals surface area contributed by atoms with Crippen LogP contribution in [0, 0.1) is 5.82 Å². The number of halogens is 2. The molecule has 1 saturated carbocycles. The van der Waals surface area contributed by atoms with E-state index in [1.165, 1.54) is 12.1 Å². The van der Waals surface area contributed by atoms with Crippen LogP contribution < -0.4 is 0 Å². The van der Waals surface area contributed by atoms with Crippen LogP contribution in [-0.4, -0.2) is 26.9 Å². The van der Waals surface area contributed by atoms with Crippen LogP contribution >= 0.6 is 11.6 Å². The second-order valence-corrected chi connectivity index (χ2v) is 9.14. The third-order valence-electron chi connectivity index (χ3n) is 6.64. The number of benzene rings is 2. The molecular weight excluding hydrogens is 425 g/mol. The Bertz CT molecular complexity index is 1040. The van der Waals surface area contributed by atoms with Crippen molar-refractivity contribution in [2.45, 2.75) is 50.5 Å². The first-order valence-electron chi connectivity index (χ1n) is 11.2. The molecule has 6 heteroatoms. The van der Waals surface area contributed by atoms with Crippen LogP contribution in [0.15, 0.2) is 60.9 Å². The molecule has 0 saturated heterocycles. The highest BCUT2D eigenvalue weighted by Crippen LogP contribution is 2.41. The van der Waals surface area contributed by atoms with E-state index < -0.39 is 5.41 Å². The van der Waals surface area contributed by atoms with E-state index in [2.05, 4.69) is 4.98 Å². The fraction of sp³-hybridized carbons (Fsp3) is 0.385. The number of hydrogen-bond donors (Lipinski definition) is 0. The van der Waals surface area contributed by atoms with Crippen LogP contribution in [0.4, 0.5) is 4.39 Å². The van der Waals surface area contributed by atoms with Gasteiger partial charge in [-0.1, -0.05) is 55.1 Å². The largest absolute Gasteiger partial charge is 0.337 e. The van der Waals surface area contributed by atoms with Gasteiger partial charge in [-0.05, 0) is 54.7 Å². The fourth-order valence-corrected chi connectivity index (χ4v) is 4.87. The minimum absolute atomic E-state index is 0.112. The molecule has 0 unspecified atom stereocenters. The highest BCUT2D eigenvalue weighted by molar-refractivity contribution is 6.30. The molecule has 0 aliphatic heterocycles. The van der Waals surface area contributed by atoms with Gasteiger partial charge in [-0.25, -0.2) is 9.37 Å². The molecule has 168 valence electrons. The Labute approximate surface area is 194 Å². The summed E-state index contributed by atoms with van der Waals surface area (Å²) in [5.41, 5.74) is 1.43. The molecule has 1 aliphatic carbocycles. The van der Waals surface area contributed by atoms with Crippen molar-refractivity contribution < 1.29 is 9.18 Å². The van der Waals surface area contributed by atoms with Crippen molar-refractivity contribution in [3.8, 4) is 0 Å². The summed E-state index contributed by atoms with van der Waals surface area (Å²) in [4.78, 5) is 20.6. The lowest BCUT2D eigenvalue weighted by Crippen LogP contribution is -2.48. The molecule has 2 aromatic carbocycles. The lowest BCUT2D eigenvalue weighted by Gasteiger charge is -2.40. The van der Waals surface area contributed by atoms with E-state index in [1.54, 1.807) is 18.3 Å². The van der Waals surface area contributed by atoms with Gasteiger partial charge in [0.05, 0.1) is 12.0 Å². The summed E-state index contributed by atoms with van der Waals surface area (Å²) in [6.45, 7) is 1.02. The van der Waals surface area contributed by atoms with Gasteiger partial charge in [0.2, 0.25) is 5.91 Å². The summed E-state index contributed by atoms with van der Waals surface area (Å²) in [6, 6.07) is 14.3. The van der Waals surface area contributed by atoms with Crippen LogP contribution in [0.1, 0.15) is 49.1 Å². The molecule has 0 bridgehead atoms. The monoisotopic (exact) mass is 453 g/mol. The van der Waals surface area contributed by atoms with Crippen LogP contribution in [0.5, 0.6) is 0 Å². The third-order valence-corrected chi connectivity index (χ3v) is 6.89. The van der Waals surface area contributed by atoms with Crippen molar-refractivity contribution in [2.75, 3.05) is 6.54 Å². The number of amides is 1. The Morgan fingerprint density at radius 3 is 2.41 bits per heavy atom. The van der Waals surface area contributed by atoms with Crippen molar-refractivity contribution in [3.05, 3.63) is 88.7 Å². The zero-order valence-electron chi connectivity index (χ0n) is 18.4. The maximum absolute atomic E-state index is 14.2. The second kappa shape index (κ2) is 9.86. The Kier molecular flexibility index (Phi) is 6.95. The van der Waals surface area contributed by atoms with E-state index in [1.807, 2.05) is 47.0 Å². The quantitative estimate of drug-likeness (QED) is 0.461. The average Bonchev–Trinajstić information content (AvgIpc) is 3.22. The summed E-state index contributed by atoms with van der Waals surface area (Å²) in [5.74, 6) is 0.681. The normalized spacial score (nSPS) is 15.5. The number of aryl methyl sites for hydroxylation is 1. The zero-order chi connectivity index (χ0) is 22.6. The molecule has 1 fully saturated rings. The maximum atomic E-state index is 14.2. The number of aromatic nitrogens is 2. The van der Waals surface area contributed by atoms with E-state index in [0.29, 0.717) is 18.1 Å². The van der Waals surface area contributed by atoms with Gasteiger partial charge >= 0.3 is 0 Å². The van der Waals surface area contributed by atoms with E-state index in [0.717, 1.165) is 55.5 Å². The van der Waals surface area contributed by atoms with Gasteiger partial charge in [0.15, 0.2) is 0 Å². The highest BCUT2D eigenvalue weighted by Gasteiger charge is 2.43. The van der Waals surface area contributed by atoms with Gasteiger partial charge in [-0.15, -0.1) is 0 Å². The second-order valence-electron chi connectivity index (χ2n) is 8.71. The Morgan fingerprint density at radius 2 is 1.78 bits per heavy atom. The fourth-order valence-electron chi connectivity index (χ4n) is 4.74. The van der Waals surface area contributed by atoms with E-state index in [4.69, 9.17) is 11.6 Å². The van der Waals surface area contributed by atoms with Crippen LogP contribution in [0.3, 0.4) is 0 Å². The molecule has 0 spiro atoms. The lowest BCUT2D eigenvalue weighted by atomic mass is 9.68. The van der Waals surface area contributed by atoms with Crippen molar-refractivity contribution in [2.24, 2.45) is 7.05 Å². The molecule has 3 aromatic rings. The molecule has 1 aromatic heterocycles. The maximum Gasteiger partial charge on any atom is 0.233 e. The first-order chi connectivity index (χ1) is 15.5. The van der Waals surface area contributed by atoms with Crippen molar-refractivity contribution in [3.63, 3.8) is 0 Å².